The van der Waals surface area contributed by atoms with E-state index in [-0.39, 0.29) is 11.5 Å². The van der Waals surface area contributed by atoms with Crippen LogP contribution in [-0.2, 0) is 20.6 Å². The highest BCUT2D eigenvalue weighted by molar-refractivity contribution is 8.01. The summed E-state index contributed by atoms with van der Waals surface area (Å²) in [7, 11) is 3.09. The van der Waals surface area contributed by atoms with Crippen LogP contribution in [0.2, 0.25) is 0 Å². The number of rotatable bonds is 6. The summed E-state index contributed by atoms with van der Waals surface area (Å²) in [6.07, 6.45) is 1.48. The Morgan fingerprint density at radius 1 is 1.14 bits per heavy atom. The molecule has 0 atom stereocenters. The molecule has 0 aromatic carbocycles. The summed E-state index contributed by atoms with van der Waals surface area (Å²) in [5, 5.41) is 9.10. The molecule has 4 aromatic rings. The fourth-order valence-corrected chi connectivity index (χ4v) is 5.93. The first-order chi connectivity index (χ1) is 16.8. The number of piperazine rings is 1. The second kappa shape index (κ2) is 9.34. The van der Waals surface area contributed by atoms with Crippen LogP contribution in [0.5, 0.6) is 0 Å². The monoisotopic (exact) mass is 516 g/mol. The van der Waals surface area contributed by atoms with E-state index in [1.807, 2.05) is 11.5 Å². The molecule has 184 valence electrons. The van der Waals surface area contributed by atoms with E-state index in [1.54, 1.807) is 35.8 Å². The third kappa shape index (κ3) is 4.27. The molecular formula is C21H24N8O4S2. The van der Waals surface area contributed by atoms with Crippen LogP contribution < -0.4 is 16.1 Å². The number of imidazole rings is 1. The van der Waals surface area contributed by atoms with Crippen LogP contribution in [-0.4, -0.2) is 71.6 Å². The number of thioether (sulfide) groups is 1. The van der Waals surface area contributed by atoms with Crippen LogP contribution in [0.15, 0.2) is 36.7 Å². The van der Waals surface area contributed by atoms with Crippen molar-refractivity contribution in [3.63, 3.8) is 0 Å². The molecule has 35 heavy (non-hydrogen) atoms. The van der Waals surface area contributed by atoms with Gasteiger partial charge in [-0.1, -0.05) is 23.1 Å². The molecule has 1 aliphatic heterocycles. The van der Waals surface area contributed by atoms with Crippen molar-refractivity contribution < 1.29 is 9.21 Å². The number of amides is 1. The normalized spacial score (nSPS) is 14.3. The Hall–Kier alpha value is -3.39. The van der Waals surface area contributed by atoms with E-state index in [1.165, 1.54) is 29.2 Å². The van der Waals surface area contributed by atoms with Gasteiger partial charge in [-0.3, -0.25) is 18.7 Å². The molecule has 1 fully saturated rings. The van der Waals surface area contributed by atoms with E-state index in [0.717, 1.165) is 13.9 Å². The van der Waals surface area contributed by atoms with Crippen LogP contribution >= 0.6 is 23.1 Å². The molecule has 4 aromatic heterocycles. The first-order valence-electron chi connectivity index (χ1n) is 11.0. The number of hydrogen-bond acceptors (Lipinski definition) is 10. The minimum Gasteiger partial charge on any atom is -0.459 e. The predicted octanol–water partition coefficient (Wildman–Crippen LogP) is 0.941. The molecule has 0 spiro atoms. The Bertz CT molecular complexity index is 1490. The summed E-state index contributed by atoms with van der Waals surface area (Å²) < 4.78 is 10.5. The van der Waals surface area contributed by atoms with Gasteiger partial charge in [-0.05, 0) is 19.1 Å². The number of carbonyl (C=O) groups excluding carboxylic acids is 1. The fourth-order valence-electron chi connectivity index (χ4n) is 4.11. The Kier molecular flexibility index (Phi) is 6.23. The van der Waals surface area contributed by atoms with E-state index in [2.05, 4.69) is 15.1 Å². The number of anilines is 1. The number of aryl methyl sites for hydroxylation is 3. The minimum absolute atomic E-state index is 0.150. The first kappa shape index (κ1) is 23.4. The molecule has 0 unspecified atom stereocenters. The highest BCUT2D eigenvalue weighted by Crippen LogP contribution is 2.25. The van der Waals surface area contributed by atoms with Crippen molar-refractivity contribution in [2.75, 3.05) is 36.8 Å². The van der Waals surface area contributed by atoms with Gasteiger partial charge in [0.15, 0.2) is 21.3 Å². The zero-order valence-electron chi connectivity index (χ0n) is 19.5. The predicted molar refractivity (Wildman–Crippen MR) is 132 cm³/mol. The van der Waals surface area contributed by atoms with Gasteiger partial charge in [0.25, 0.3) is 11.5 Å². The average molecular weight is 517 g/mol. The number of furan rings is 1. The zero-order chi connectivity index (χ0) is 24.7. The maximum Gasteiger partial charge on any atom is 0.332 e. The second-order valence-electron chi connectivity index (χ2n) is 8.13. The van der Waals surface area contributed by atoms with Crippen LogP contribution in [0.4, 0.5) is 5.95 Å². The Balaban J connectivity index is 1.45. The van der Waals surface area contributed by atoms with Crippen molar-refractivity contribution in [1.29, 1.82) is 0 Å². The molecule has 0 saturated carbocycles. The highest BCUT2D eigenvalue weighted by Gasteiger charge is 2.28. The maximum absolute atomic E-state index is 13.1. The van der Waals surface area contributed by atoms with Crippen LogP contribution in [0.3, 0.4) is 0 Å². The summed E-state index contributed by atoms with van der Waals surface area (Å²) in [6.45, 7) is 4.44. The smallest absolute Gasteiger partial charge is 0.332 e. The average Bonchev–Trinajstić information content (AvgIpc) is 3.62. The van der Waals surface area contributed by atoms with Crippen LogP contribution in [0, 0.1) is 6.92 Å². The van der Waals surface area contributed by atoms with Gasteiger partial charge in [0, 0.05) is 52.6 Å². The molecule has 1 amide bonds. The van der Waals surface area contributed by atoms with Gasteiger partial charge in [0.2, 0.25) is 5.95 Å². The number of aromatic nitrogens is 6. The van der Waals surface area contributed by atoms with Gasteiger partial charge in [-0.2, -0.15) is 4.98 Å². The van der Waals surface area contributed by atoms with Crippen molar-refractivity contribution in [3.05, 3.63) is 50.0 Å². The van der Waals surface area contributed by atoms with Gasteiger partial charge >= 0.3 is 5.69 Å². The van der Waals surface area contributed by atoms with Crippen molar-refractivity contribution in [2.45, 2.75) is 17.8 Å². The van der Waals surface area contributed by atoms with Crippen molar-refractivity contribution in [2.24, 2.45) is 14.1 Å². The molecule has 0 radical (unpaired) electrons. The van der Waals surface area contributed by atoms with Gasteiger partial charge in [0.1, 0.15) is 5.01 Å². The van der Waals surface area contributed by atoms with Gasteiger partial charge in [-0.15, -0.1) is 10.2 Å². The molecule has 0 N–H and O–H groups in total. The molecule has 5 heterocycles. The fraction of sp³-hybridized carbons (Fsp3) is 0.429. The van der Waals surface area contributed by atoms with Crippen molar-refractivity contribution >= 4 is 46.1 Å². The molecule has 5 rings (SSSR count). The molecule has 1 saturated heterocycles. The Morgan fingerprint density at radius 2 is 1.91 bits per heavy atom. The van der Waals surface area contributed by atoms with Crippen molar-refractivity contribution in [1.82, 2.24) is 33.8 Å². The Labute approximate surface area is 207 Å². The number of carbonyl (C=O) groups is 1. The summed E-state index contributed by atoms with van der Waals surface area (Å²) in [5.74, 6) is 1.42. The molecule has 1 aliphatic rings. The lowest BCUT2D eigenvalue weighted by atomic mass is 10.3. The second-order valence-corrected chi connectivity index (χ2v) is 10.7. The highest BCUT2D eigenvalue weighted by atomic mass is 32.2. The standard InChI is InChI=1S/C21H24N8O4S2/c1-13-23-24-20(35-13)34-12-10-29-15-16(25(2)21(32)26(3)18(15)31)22-19(29)28-8-6-27(7-9-28)17(30)14-5-4-11-33-14/h4-5,11H,6-10,12H2,1-3H3. The van der Waals surface area contributed by atoms with Crippen molar-refractivity contribution in [3.8, 4) is 0 Å². The third-order valence-corrected chi connectivity index (χ3v) is 7.91. The van der Waals surface area contributed by atoms with E-state index < -0.39 is 5.69 Å². The number of hydrogen-bond donors (Lipinski definition) is 0. The van der Waals surface area contributed by atoms with E-state index in [0.29, 0.717) is 61.3 Å². The summed E-state index contributed by atoms with van der Waals surface area (Å²) in [6, 6.07) is 3.35. The molecule has 0 bridgehead atoms. The van der Waals surface area contributed by atoms with Crippen LogP contribution in [0.1, 0.15) is 15.6 Å². The minimum atomic E-state index is -0.425. The molecular weight excluding hydrogens is 492 g/mol. The molecule has 14 heteroatoms. The van der Waals surface area contributed by atoms with Crippen LogP contribution in [0.25, 0.3) is 11.2 Å². The van der Waals surface area contributed by atoms with E-state index >= 15 is 0 Å². The summed E-state index contributed by atoms with van der Waals surface area (Å²) in [4.78, 5) is 46.8. The number of nitrogens with zero attached hydrogens (tertiary/aromatic N) is 8. The maximum atomic E-state index is 13.1. The number of fused-ring (bicyclic) bond motifs is 1. The van der Waals surface area contributed by atoms with E-state index in [9.17, 15) is 14.4 Å². The first-order valence-corrected chi connectivity index (χ1v) is 12.8. The van der Waals surface area contributed by atoms with E-state index in [4.69, 9.17) is 9.40 Å². The summed E-state index contributed by atoms with van der Waals surface area (Å²) >= 11 is 3.08. The molecule has 0 aliphatic carbocycles. The van der Waals surface area contributed by atoms with Gasteiger partial charge in [-0.25, -0.2) is 4.79 Å². The summed E-state index contributed by atoms with van der Waals surface area (Å²) in [5.41, 5.74) is -0.0804. The largest absolute Gasteiger partial charge is 0.459 e. The third-order valence-electron chi connectivity index (χ3n) is 5.96. The SMILES string of the molecule is Cc1nnc(SCCn2c(N3CCN(C(=O)c4ccco4)CC3)nc3c2c(=O)n(C)c(=O)n3C)s1. The lowest BCUT2D eigenvalue weighted by molar-refractivity contribution is 0.0714. The lowest BCUT2D eigenvalue weighted by Crippen LogP contribution is -2.49. The Morgan fingerprint density at radius 3 is 2.57 bits per heavy atom. The van der Waals surface area contributed by atoms with Gasteiger partial charge < -0.3 is 18.8 Å². The lowest BCUT2D eigenvalue weighted by Gasteiger charge is -2.35. The molecule has 12 nitrogen and oxygen atoms in total. The topological polar surface area (TPSA) is 124 Å². The zero-order valence-corrected chi connectivity index (χ0v) is 21.1. The van der Waals surface area contributed by atoms with Gasteiger partial charge in [0.05, 0.1) is 6.26 Å². The quantitative estimate of drug-likeness (QED) is 0.344.